The van der Waals surface area contributed by atoms with E-state index in [9.17, 15) is 14.4 Å². The van der Waals surface area contributed by atoms with Crippen LogP contribution in [0.4, 0.5) is 10.5 Å². The van der Waals surface area contributed by atoms with Crippen LogP contribution >= 0.6 is 0 Å². The molecule has 2 amide bonds. The van der Waals surface area contributed by atoms with Gasteiger partial charge in [0.15, 0.2) is 0 Å². The highest BCUT2D eigenvalue weighted by molar-refractivity contribution is 6.00. The van der Waals surface area contributed by atoms with Crippen LogP contribution in [-0.2, 0) is 32.1 Å². The molecule has 7 heteroatoms. The predicted molar refractivity (Wildman–Crippen MR) is 111 cm³/mol. The van der Waals surface area contributed by atoms with Gasteiger partial charge in [-0.1, -0.05) is 48.5 Å². The molecule has 0 saturated carbocycles. The molecule has 0 unspecified atom stereocenters. The average Bonchev–Trinajstić information content (AvgIpc) is 2.69. The van der Waals surface area contributed by atoms with Crippen LogP contribution in [0.15, 0.2) is 54.6 Å². The third-order valence-electron chi connectivity index (χ3n) is 4.52. The number of anilines is 1. The van der Waals surface area contributed by atoms with E-state index < -0.39 is 23.6 Å². The standard InChI is InChI=1S/C23H26N2O5/c1-23(2,3)30-20(26)14-18-13-17-11-7-8-12-19(17)25(21(18)27)24-22(28)29-15-16-9-5-4-6-10-16/h4-12,18H,13-15H2,1-3H3,(H,24,28)/t18-/m0/s1. The number of rotatable bonds is 5. The average molecular weight is 410 g/mol. The highest BCUT2D eigenvalue weighted by Crippen LogP contribution is 2.31. The lowest BCUT2D eigenvalue weighted by atomic mass is 9.90. The minimum Gasteiger partial charge on any atom is -0.460 e. The number of nitrogens with one attached hydrogen (secondary N) is 1. The molecule has 0 bridgehead atoms. The van der Waals surface area contributed by atoms with E-state index in [1.54, 1.807) is 32.9 Å². The number of benzene rings is 2. The van der Waals surface area contributed by atoms with Crippen LogP contribution in [0.3, 0.4) is 0 Å². The van der Waals surface area contributed by atoms with Gasteiger partial charge in [-0.25, -0.2) is 15.2 Å². The molecule has 1 aliphatic rings. The smallest absolute Gasteiger partial charge is 0.426 e. The molecule has 0 radical (unpaired) electrons. The maximum atomic E-state index is 13.0. The minimum absolute atomic E-state index is 0.0678. The van der Waals surface area contributed by atoms with Crippen LogP contribution in [0.25, 0.3) is 0 Å². The van der Waals surface area contributed by atoms with Gasteiger partial charge in [0.1, 0.15) is 12.2 Å². The van der Waals surface area contributed by atoms with E-state index >= 15 is 0 Å². The number of carbonyl (C=O) groups excluding carboxylic acids is 3. The molecule has 0 aromatic heterocycles. The Morgan fingerprint density at radius 1 is 1.07 bits per heavy atom. The molecule has 2 aromatic carbocycles. The maximum absolute atomic E-state index is 13.0. The Bertz CT molecular complexity index is 921. The molecule has 2 aromatic rings. The number of fused-ring (bicyclic) bond motifs is 1. The van der Waals surface area contributed by atoms with Crippen molar-refractivity contribution in [3.8, 4) is 0 Å². The number of esters is 1. The van der Waals surface area contributed by atoms with Gasteiger partial charge in [0.2, 0.25) is 5.91 Å². The van der Waals surface area contributed by atoms with Gasteiger partial charge in [-0.05, 0) is 44.4 Å². The first-order valence-corrected chi connectivity index (χ1v) is 9.84. The zero-order valence-corrected chi connectivity index (χ0v) is 17.4. The van der Waals surface area contributed by atoms with Gasteiger partial charge in [-0.2, -0.15) is 0 Å². The number of nitrogens with zero attached hydrogens (tertiary/aromatic N) is 1. The van der Waals surface area contributed by atoms with Gasteiger partial charge >= 0.3 is 12.1 Å². The van der Waals surface area contributed by atoms with Crippen LogP contribution in [0, 0.1) is 5.92 Å². The third kappa shape index (κ3) is 5.59. The van der Waals surface area contributed by atoms with Gasteiger partial charge in [0.25, 0.3) is 0 Å². The monoisotopic (exact) mass is 410 g/mol. The third-order valence-corrected chi connectivity index (χ3v) is 4.52. The van der Waals surface area contributed by atoms with Crippen LogP contribution < -0.4 is 10.4 Å². The lowest BCUT2D eigenvalue weighted by Crippen LogP contribution is -2.52. The van der Waals surface area contributed by atoms with Crippen molar-refractivity contribution in [3.63, 3.8) is 0 Å². The second-order valence-electron chi connectivity index (χ2n) is 8.17. The van der Waals surface area contributed by atoms with E-state index in [0.29, 0.717) is 12.1 Å². The van der Waals surface area contributed by atoms with Crippen molar-refractivity contribution in [2.75, 3.05) is 5.01 Å². The molecule has 1 atom stereocenters. The van der Waals surface area contributed by atoms with Gasteiger partial charge in [-0.3, -0.25) is 9.59 Å². The largest absolute Gasteiger partial charge is 0.460 e. The molecule has 30 heavy (non-hydrogen) atoms. The zero-order valence-electron chi connectivity index (χ0n) is 17.4. The number of hydrazine groups is 1. The minimum atomic E-state index is -0.750. The fourth-order valence-electron chi connectivity index (χ4n) is 3.26. The second kappa shape index (κ2) is 8.98. The van der Waals surface area contributed by atoms with E-state index in [1.165, 1.54) is 5.01 Å². The molecule has 0 spiro atoms. The molecule has 1 aliphatic heterocycles. The number of hydrogen-bond donors (Lipinski definition) is 1. The molecule has 1 heterocycles. The number of amides is 2. The van der Waals surface area contributed by atoms with Crippen molar-refractivity contribution in [3.05, 3.63) is 65.7 Å². The molecule has 0 saturated heterocycles. The Labute approximate surface area is 175 Å². The summed E-state index contributed by atoms with van der Waals surface area (Å²) in [5, 5.41) is 1.17. The topological polar surface area (TPSA) is 84.9 Å². The number of para-hydroxylation sites is 1. The fraction of sp³-hybridized carbons (Fsp3) is 0.348. The molecule has 0 fully saturated rings. The predicted octanol–water partition coefficient (Wildman–Crippen LogP) is 3.77. The summed E-state index contributed by atoms with van der Waals surface area (Å²) in [4.78, 5) is 37.7. The Kier molecular flexibility index (Phi) is 6.40. The van der Waals surface area contributed by atoms with Crippen molar-refractivity contribution in [1.82, 2.24) is 5.43 Å². The Hall–Kier alpha value is -3.35. The molecule has 3 rings (SSSR count). The van der Waals surface area contributed by atoms with E-state index in [-0.39, 0.29) is 18.9 Å². The summed E-state index contributed by atoms with van der Waals surface area (Å²) in [5.41, 5.74) is 4.14. The summed E-state index contributed by atoms with van der Waals surface area (Å²) >= 11 is 0. The lowest BCUT2D eigenvalue weighted by Gasteiger charge is -2.33. The van der Waals surface area contributed by atoms with Crippen molar-refractivity contribution < 1.29 is 23.9 Å². The van der Waals surface area contributed by atoms with Crippen LogP contribution in [0.2, 0.25) is 0 Å². The summed E-state index contributed by atoms with van der Waals surface area (Å²) in [6, 6.07) is 16.5. The van der Waals surface area contributed by atoms with Crippen molar-refractivity contribution in [2.24, 2.45) is 5.92 Å². The van der Waals surface area contributed by atoms with E-state index in [4.69, 9.17) is 9.47 Å². The summed E-state index contributed by atoms with van der Waals surface area (Å²) in [6.45, 7) is 5.41. The van der Waals surface area contributed by atoms with Crippen molar-refractivity contribution in [1.29, 1.82) is 0 Å². The van der Waals surface area contributed by atoms with Gasteiger partial charge in [0, 0.05) is 0 Å². The van der Waals surface area contributed by atoms with Gasteiger partial charge < -0.3 is 9.47 Å². The first kappa shape index (κ1) is 21.4. The van der Waals surface area contributed by atoms with Crippen molar-refractivity contribution in [2.45, 2.75) is 45.8 Å². The van der Waals surface area contributed by atoms with E-state index in [0.717, 1.165) is 11.1 Å². The SMILES string of the molecule is CC(C)(C)OC(=O)C[C@@H]1Cc2ccccc2N(NC(=O)OCc2ccccc2)C1=O. The second-order valence-corrected chi connectivity index (χ2v) is 8.17. The number of ether oxygens (including phenoxy) is 2. The van der Waals surface area contributed by atoms with E-state index in [1.807, 2.05) is 42.5 Å². The first-order valence-electron chi connectivity index (χ1n) is 9.84. The Balaban J connectivity index is 1.71. The lowest BCUT2D eigenvalue weighted by molar-refractivity contribution is -0.157. The molecule has 0 aliphatic carbocycles. The van der Waals surface area contributed by atoms with Crippen molar-refractivity contribution >= 4 is 23.7 Å². The van der Waals surface area contributed by atoms with Crippen LogP contribution in [0.1, 0.15) is 38.3 Å². The quantitative estimate of drug-likeness (QED) is 0.759. The molecule has 1 N–H and O–H groups in total. The summed E-state index contributed by atoms with van der Waals surface area (Å²) in [7, 11) is 0. The summed E-state index contributed by atoms with van der Waals surface area (Å²) in [5.74, 6) is -1.47. The fourth-order valence-corrected chi connectivity index (χ4v) is 3.26. The zero-order chi connectivity index (χ0) is 21.7. The molecule has 158 valence electrons. The maximum Gasteiger partial charge on any atom is 0.426 e. The number of hydrogen-bond acceptors (Lipinski definition) is 5. The number of carbonyl (C=O) groups is 3. The van der Waals surface area contributed by atoms with Gasteiger partial charge in [-0.15, -0.1) is 0 Å². The summed E-state index contributed by atoms with van der Waals surface area (Å²) < 4.78 is 10.6. The summed E-state index contributed by atoms with van der Waals surface area (Å²) in [6.07, 6.45) is -0.424. The highest BCUT2D eigenvalue weighted by atomic mass is 16.6. The first-order chi connectivity index (χ1) is 14.2. The molecule has 7 nitrogen and oxygen atoms in total. The van der Waals surface area contributed by atoms with Gasteiger partial charge in [0.05, 0.1) is 18.0 Å². The Morgan fingerprint density at radius 2 is 1.73 bits per heavy atom. The van der Waals surface area contributed by atoms with E-state index in [2.05, 4.69) is 5.43 Å². The van der Waals surface area contributed by atoms with Crippen LogP contribution in [0.5, 0.6) is 0 Å². The molecular formula is C23H26N2O5. The normalized spacial score (nSPS) is 15.9. The Morgan fingerprint density at radius 3 is 2.43 bits per heavy atom. The van der Waals surface area contributed by atoms with Crippen LogP contribution in [-0.4, -0.2) is 23.6 Å². The highest BCUT2D eigenvalue weighted by Gasteiger charge is 2.36. The molecular weight excluding hydrogens is 384 g/mol.